The second kappa shape index (κ2) is 6.53. The Morgan fingerprint density at radius 1 is 1.05 bits per heavy atom. The Balaban J connectivity index is 1.95. The summed E-state index contributed by atoms with van der Waals surface area (Å²) >= 11 is 0. The minimum absolute atomic E-state index is 0.287. The maximum Gasteiger partial charge on any atom is 0.0842 e. The van der Waals surface area contributed by atoms with Crippen molar-refractivity contribution in [1.29, 1.82) is 0 Å². The summed E-state index contributed by atoms with van der Waals surface area (Å²) < 4.78 is 0. The van der Waals surface area contributed by atoms with Crippen molar-refractivity contribution in [2.75, 3.05) is 0 Å². The van der Waals surface area contributed by atoms with Gasteiger partial charge in [0, 0.05) is 6.42 Å². The predicted molar refractivity (Wildman–Crippen MR) is 78.2 cm³/mol. The molecule has 106 valence electrons. The third-order valence-corrected chi connectivity index (χ3v) is 4.54. The van der Waals surface area contributed by atoms with Gasteiger partial charge in [0.1, 0.15) is 0 Å². The number of aliphatic hydroxyl groups excluding tert-OH is 2. The minimum Gasteiger partial charge on any atom is -0.390 e. The molecule has 1 aliphatic carbocycles. The second-order valence-corrected chi connectivity index (χ2v) is 6.08. The topological polar surface area (TPSA) is 40.5 Å². The average molecular weight is 262 g/mol. The summed E-state index contributed by atoms with van der Waals surface area (Å²) in [6.07, 6.45) is 5.13. The Labute approximate surface area is 116 Å². The van der Waals surface area contributed by atoms with E-state index in [-0.39, 0.29) is 5.92 Å². The summed E-state index contributed by atoms with van der Waals surface area (Å²) in [5.74, 6) is 0.287. The van der Waals surface area contributed by atoms with Crippen LogP contribution in [0.25, 0.3) is 0 Å². The lowest BCUT2D eigenvalue weighted by Gasteiger charge is -2.29. The van der Waals surface area contributed by atoms with Crippen molar-refractivity contribution in [2.45, 2.75) is 64.6 Å². The molecule has 1 fully saturated rings. The van der Waals surface area contributed by atoms with E-state index in [1.165, 1.54) is 30.4 Å². The normalized spacial score (nSPS) is 20.2. The molecule has 2 N–H and O–H groups in total. The van der Waals surface area contributed by atoms with Crippen molar-refractivity contribution in [3.8, 4) is 0 Å². The van der Waals surface area contributed by atoms with E-state index in [1.807, 2.05) is 0 Å². The first-order valence-electron chi connectivity index (χ1n) is 7.50. The SMILES string of the molecule is Cc1ccc(CC(O)C(O)C2CCCCC2)cc1C. The third kappa shape index (κ3) is 3.80. The fourth-order valence-corrected chi connectivity index (χ4v) is 3.08. The van der Waals surface area contributed by atoms with Crippen LogP contribution in [0.4, 0.5) is 0 Å². The largest absolute Gasteiger partial charge is 0.390 e. The van der Waals surface area contributed by atoms with Crippen LogP contribution in [-0.2, 0) is 6.42 Å². The van der Waals surface area contributed by atoms with Crippen molar-refractivity contribution < 1.29 is 10.2 Å². The van der Waals surface area contributed by atoms with E-state index in [0.717, 1.165) is 18.4 Å². The van der Waals surface area contributed by atoms with Crippen molar-refractivity contribution in [3.05, 3.63) is 34.9 Å². The summed E-state index contributed by atoms with van der Waals surface area (Å²) in [5.41, 5.74) is 3.63. The van der Waals surface area contributed by atoms with E-state index in [0.29, 0.717) is 6.42 Å². The van der Waals surface area contributed by atoms with E-state index >= 15 is 0 Å². The van der Waals surface area contributed by atoms with Crippen LogP contribution < -0.4 is 0 Å². The standard InChI is InChI=1S/C17H26O2/c1-12-8-9-14(10-13(12)2)11-16(18)17(19)15-6-4-3-5-7-15/h8-10,15-19H,3-7,11H2,1-2H3. The van der Waals surface area contributed by atoms with Gasteiger partial charge in [-0.3, -0.25) is 0 Å². The maximum atomic E-state index is 10.3. The molecule has 0 aliphatic heterocycles. The third-order valence-electron chi connectivity index (χ3n) is 4.54. The van der Waals surface area contributed by atoms with Crippen LogP contribution >= 0.6 is 0 Å². The molecule has 19 heavy (non-hydrogen) atoms. The molecule has 0 aromatic heterocycles. The Morgan fingerprint density at radius 3 is 2.37 bits per heavy atom. The molecule has 0 radical (unpaired) electrons. The molecule has 1 aromatic carbocycles. The second-order valence-electron chi connectivity index (χ2n) is 6.08. The highest BCUT2D eigenvalue weighted by Crippen LogP contribution is 2.28. The summed E-state index contributed by atoms with van der Waals surface area (Å²) in [5, 5.41) is 20.5. The first kappa shape index (κ1) is 14.5. The van der Waals surface area contributed by atoms with E-state index in [9.17, 15) is 10.2 Å². The summed E-state index contributed by atoms with van der Waals surface area (Å²) in [7, 11) is 0. The highest BCUT2D eigenvalue weighted by molar-refractivity contribution is 5.30. The Bertz CT molecular complexity index is 408. The van der Waals surface area contributed by atoms with Gasteiger partial charge in [-0.15, -0.1) is 0 Å². The molecule has 0 spiro atoms. The van der Waals surface area contributed by atoms with Crippen LogP contribution in [0.15, 0.2) is 18.2 Å². The van der Waals surface area contributed by atoms with E-state index in [1.54, 1.807) is 0 Å². The molecule has 2 heteroatoms. The summed E-state index contributed by atoms with van der Waals surface area (Å²) in [6, 6.07) is 6.26. The average Bonchev–Trinajstić information content (AvgIpc) is 2.43. The van der Waals surface area contributed by atoms with Gasteiger partial charge in [-0.25, -0.2) is 0 Å². The van der Waals surface area contributed by atoms with Gasteiger partial charge < -0.3 is 10.2 Å². The molecule has 2 unspecified atom stereocenters. The Hall–Kier alpha value is -0.860. The van der Waals surface area contributed by atoms with Crippen LogP contribution in [0.5, 0.6) is 0 Å². The van der Waals surface area contributed by atoms with Gasteiger partial charge in [-0.2, -0.15) is 0 Å². The number of benzene rings is 1. The van der Waals surface area contributed by atoms with Crippen LogP contribution in [0.1, 0.15) is 48.8 Å². The zero-order chi connectivity index (χ0) is 13.8. The Morgan fingerprint density at radius 2 is 1.74 bits per heavy atom. The number of aliphatic hydroxyl groups is 2. The molecular weight excluding hydrogens is 236 g/mol. The van der Waals surface area contributed by atoms with Gasteiger partial charge in [0.15, 0.2) is 0 Å². The first-order chi connectivity index (χ1) is 9.08. The molecular formula is C17H26O2. The van der Waals surface area contributed by atoms with Gasteiger partial charge in [0.05, 0.1) is 12.2 Å². The van der Waals surface area contributed by atoms with Crippen molar-refractivity contribution >= 4 is 0 Å². The van der Waals surface area contributed by atoms with Gasteiger partial charge >= 0.3 is 0 Å². The minimum atomic E-state index is -0.634. The smallest absolute Gasteiger partial charge is 0.0842 e. The van der Waals surface area contributed by atoms with Crippen LogP contribution in [-0.4, -0.2) is 22.4 Å². The highest BCUT2D eigenvalue weighted by atomic mass is 16.3. The zero-order valence-corrected chi connectivity index (χ0v) is 12.1. The molecule has 2 nitrogen and oxygen atoms in total. The number of hydrogen-bond donors (Lipinski definition) is 2. The van der Waals surface area contributed by atoms with Crippen molar-refractivity contribution in [2.24, 2.45) is 5.92 Å². The predicted octanol–water partition coefficient (Wildman–Crippen LogP) is 3.15. The molecule has 1 aromatic rings. The van der Waals surface area contributed by atoms with Gasteiger partial charge in [0.2, 0.25) is 0 Å². The van der Waals surface area contributed by atoms with Crippen LogP contribution in [0.2, 0.25) is 0 Å². The molecule has 1 saturated carbocycles. The lowest BCUT2D eigenvalue weighted by Crippen LogP contribution is -2.36. The molecule has 0 saturated heterocycles. The summed E-state index contributed by atoms with van der Waals surface area (Å²) in [4.78, 5) is 0. The molecule has 0 heterocycles. The summed E-state index contributed by atoms with van der Waals surface area (Å²) in [6.45, 7) is 4.18. The number of rotatable bonds is 4. The van der Waals surface area contributed by atoms with E-state index in [2.05, 4.69) is 32.0 Å². The van der Waals surface area contributed by atoms with Crippen molar-refractivity contribution in [3.63, 3.8) is 0 Å². The van der Waals surface area contributed by atoms with Gasteiger partial charge in [0.25, 0.3) is 0 Å². The van der Waals surface area contributed by atoms with E-state index in [4.69, 9.17) is 0 Å². The number of hydrogen-bond acceptors (Lipinski definition) is 2. The molecule has 0 amide bonds. The highest BCUT2D eigenvalue weighted by Gasteiger charge is 2.27. The van der Waals surface area contributed by atoms with Gasteiger partial charge in [-0.1, -0.05) is 37.5 Å². The van der Waals surface area contributed by atoms with Crippen molar-refractivity contribution in [1.82, 2.24) is 0 Å². The first-order valence-corrected chi connectivity index (χ1v) is 7.50. The monoisotopic (exact) mass is 262 g/mol. The molecule has 0 bridgehead atoms. The zero-order valence-electron chi connectivity index (χ0n) is 12.1. The lowest BCUT2D eigenvalue weighted by molar-refractivity contribution is -0.0263. The lowest BCUT2D eigenvalue weighted by atomic mass is 9.82. The van der Waals surface area contributed by atoms with Crippen LogP contribution in [0, 0.1) is 19.8 Å². The van der Waals surface area contributed by atoms with Crippen LogP contribution in [0.3, 0.4) is 0 Å². The van der Waals surface area contributed by atoms with E-state index < -0.39 is 12.2 Å². The maximum absolute atomic E-state index is 10.3. The van der Waals surface area contributed by atoms with Gasteiger partial charge in [-0.05, 0) is 49.3 Å². The Kier molecular flexibility index (Phi) is 5.00. The number of aryl methyl sites for hydroxylation is 2. The molecule has 2 rings (SSSR count). The fraction of sp³-hybridized carbons (Fsp3) is 0.647. The quantitative estimate of drug-likeness (QED) is 0.875. The molecule has 2 atom stereocenters. The fourth-order valence-electron chi connectivity index (χ4n) is 3.08. The molecule has 1 aliphatic rings.